The molecule has 0 N–H and O–H groups in total. The number of rotatable bonds is 16. The van der Waals surface area contributed by atoms with Crippen LogP contribution in [-0.4, -0.2) is 80.3 Å². The first-order valence-corrected chi connectivity index (χ1v) is 27.3. The van der Waals surface area contributed by atoms with Crippen molar-refractivity contribution in [1.29, 1.82) is 0 Å². The second-order valence-corrected chi connectivity index (χ2v) is 29.8. The predicted octanol–water partition coefficient (Wildman–Crippen LogP) is 7.81. The van der Waals surface area contributed by atoms with Gasteiger partial charge in [-0.1, -0.05) is 72.4 Å². The Hall–Kier alpha value is -0.122. The van der Waals surface area contributed by atoms with Gasteiger partial charge in [0, 0.05) is 38.8 Å². The number of imidazole rings is 1. The van der Waals surface area contributed by atoms with Crippen molar-refractivity contribution >= 4 is 33.6 Å². The molecular weight excluding hydrogens is 555 g/mol. The van der Waals surface area contributed by atoms with Crippen LogP contribution in [0, 0.1) is 0 Å². The molecule has 3 atom stereocenters. The molecule has 1 aromatic heterocycles. The van der Waals surface area contributed by atoms with Crippen LogP contribution in [0.1, 0.15) is 65.1 Å². The molecule has 11 heteroatoms. The van der Waals surface area contributed by atoms with E-state index in [2.05, 4.69) is 93.1 Å². The molecule has 1 fully saturated rings. The average Bonchev–Trinajstić information content (AvgIpc) is 3.33. The van der Waals surface area contributed by atoms with Gasteiger partial charge in [-0.2, -0.15) is 0 Å². The lowest BCUT2D eigenvalue weighted by Gasteiger charge is -2.44. The number of piperidine rings is 1. The van der Waals surface area contributed by atoms with Crippen molar-refractivity contribution in [3.8, 4) is 0 Å². The smallest absolute Gasteiger partial charge is 0.335 e. The molecular formula is C28H63N3O4Si4. The van der Waals surface area contributed by atoms with Gasteiger partial charge in [-0.3, -0.25) is 0 Å². The number of nitrogens with zero attached hydrogens (tertiary/aromatic N) is 3. The van der Waals surface area contributed by atoms with E-state index in [0.717, 1.165) is 50.0 Å². The zero-order valence-electron chi connectivity index (χ0n) is 27.7. The van der Waals surface area contributed by atoms with E-state index in [9.17, 15) is 0 Å². The predicted molar refractivity (Wildman–Crippen MR) is 176 cm³/mol. The third kappa shape index (κ3) is 13.2. The normalized spacial score (nSPS) is 20.2. The summed E-state index contributed by atoms with van der Waals surface area (Å²) < 4.78 is 29.0. The molecule has 3 unspecified atom stereocenters. The molecule has 230 valence electrons. The molecule has 0 aromatic carbocycles. The molecule has 0 saturated carbocycles. The van der Waals surface area contributed by atoms with Gasteiger partial charge in [0.05, 0.1) is 6.61 Å². The quantitative estimate of drug-likeness (QED) is 0.176. The van der Waals surface area contributed by atoms with Crippen molar-refractivity contribution < 1.29 is 17.7 Å². The van der Waals surface area contributed by atoms with Gasteiger partial charge in [0.2, 0.25) is 0 Å². The maximum atomic E-state index is 6.28. The largest absolute Gasteiger partial charge is 0.398 e. The van der Waals surface area contributed by atoms with Crippen LogP contribution in [0.2, 0.25) is 64.5 Å². The summed E-state index contributed by atoms with van der Waals surface area (Å²) in [6.07, 6.45) is 11.5. The van der Waals surface area contributed by atoms with Crippen LogP contribution in [0.25, 0.3) is 0 Å². The summed E-state index contributed by atoms with van der Waals surface area (Å²) in [7, 11) is -4.74. The Labute approximate surface area is 246 Å². The lowest BCUT2D eigenvalue weighted by atomic mass is 10.0. The van der Waals surface area contributed by atoms with Crippen LogP contribution in [0.15, 0.2) is 12.4 Å². The molecule has 0 spiro atoms. The van der Waals surface area contributed by atoms with Crippen LogP contribution in [0.5, 0.6) is 0 Å². The van der Waals surface area contributed by atoms with Gasteiger partial charge in [-0.15, -0.1) is 0 Å². The van der Waals surface area contributed by atoms with Crippen LogP contribution in [0.4, 0.5) is 0 Å². The Morgan fingerprint density at radius 3 is 2.03 bits per heavy atom. The van der Waals surface area contributed by atoms with Crippen LogP contribution in [-0.2, 0) is 24.3 Å². The van der Waals surface area contributed by atoms with Crippen LogP contribution in [0.3, 0.4) is 0 Å². The zero-order valence-corrected chi connectivity index (χ0v) is 31.7. The Balaban J connectivity index is 0.000000395. The van der Waals surface area contributed by atoms with Crippen molar-refractivity contribution in [2.24, 2.45) is 0 Å². The standard InChI is InChI=1S/C16H37NO2Si2.C12H26N2O2Si2/c1-7-15-21(6,18-8-2)19-14-12-16-11-9-10-13-17(16)20(3,4)5;1-7-10-18(6,15-2)16-11-12-13-8-9-14(12)17(3,4)5/h16H,7-15H2,1-6H3;8-9H,7,10-11H2,1-6H3. The Morgan fingerprint density at radius 1 is 0.846 bits per heavy atom. The van der Waals surface area contributed by atoms with Gasteiger partial charge in [-0.25, -0.2) is 4.98 Å². The Morgan fingerprint density at radius 2 is 1.49 bits per heavy atom. The first kappa shape index (κ1) is 36.9. The second kappa shape index (κ2) is 17.1. The average molecular weight is 618 g/mol. The topological polar surface area (TPSA) is 58.0 Å². The first-order chi connectivity index (χ1) is 18.1. The molecule has 1 aromatic rings. The maximum absolute atomic E-state index is 6.28. The van der Waals surface area contributed by atoms with Crippen LogP contribution >= 0.6 is 0 Å². The van der Waals surface area contributed by atoms with E-state index in [1.165, 1.54) is 32.2 Å². The highest BCUT2D eigenvalue weighted by molar-refractivity contribution is 6.74. The molecule has 2 heterocycles. The molecule has 1 aliphatic heterocycles. The van der Waals surface area contributed by atoms with E-state index >= 15 is 0 Å². The van der Waals surface area contributed by atoms with Crippen LogP contribution < -0.4 is 0 Å². The van der Waals surface area contributed by atoms with E-state index in [0.29, 0.717) is 6.61 Å². The monoisotopic (exact) mass is 617 g/mol. The van der Waals surface area contributed by atoms with Gasteiger partial charge < -0.3 is 26.5 Å². The van der Waals surface area contributed by atoms with Crippen molar-refractivity contribution in [2.45, 2.75) is 136 Å². The van der Waals surface area contributed by atoms with Gasteiger partial charge in [0.15, 0.2) is 8.24 Å². The highest BCUT2D eigenvalue weighted by Gasteiger charge is 2.34. The molecule has 39 heavy (non-hydrogen) atoms. The molecule has 0 radical (unpaired) electrons. The fourth-order valence-electron chi connectivity index (χ4n) is 5.50. The van der Waals surface area contributed by atoms with Crippen molar-refractivity contribution in [2.75, 3.05) is 26.9 Å². The Kier molecular flexibility index (Phi) is 16.2. The van der Waals surface area contributed by atoms with E-state index in [-0.39, 0.29) is 0 Å². The number of hydrogen-bond acceptors (Lipinski definition) is 6. The third-order valence-corrected chi connectivity index (χ3v) is 17.9. The SMILES string of the molecule is CCC[Si](C)(OC)OCc1nccn1[Si](C)(C)C.CCC[Si](C)(OCC)OCCC1CCCCN1[Si](C)(C)C. The molecule has 1 saturated heterocycles. The highest BCUT2D eigenvalue weighted by atomic mass is 28.4. The first-order valence-electron chi connectivity index (χ1n) is 15.4. The Bertz CT molecular complexity index is 795. The molecule has 1 aliphatic rings. The summed E-state index contributed by atoms with van der Waals surface area (Å²) in [5.41, 5.74) is 0. The fourth-order valence-corrected chi connectivity index (χ4v) is 13.3. The lowest BCUT2D eigenvalue weighted by Crippen LogP contribution is -2.54. The van der Waals surface area contributed by atoms with Crippen molar-refractivity contribution in [3.63, 3.8) is 0 Å². The summed E-state index contributed by atoms with van der Waals surface area (Å²) in [4.78, 5) is 4.42. The minimum absolute atomic E-state index is 0.563. The number of aromatic nitrogens is 2. The molecule has 0 amide bonds. The van der Waals surface area contributed by atoms with E-state index in [4.69, 9.17) is 17.7 Å². The van der Waals surface area contributed by atoms with Gasteiger partial charge in [0.1, 0.15) is 14.1 Å². The number of hydrogen-bond donors (Lipinski definition) is 0. The maximum Gasteiger partial charge on any atom is 0.335 e. The molecule has 2 rings (SSSR count). The van der Waals surface area contributed by atoms with Gasteiger partial charge >= 0.3 is 17.1 Å². The summed E-state index contributed by atoms with van der Waals surface area (Å²) in [5.74, 6) is 1.03. The minimum Gasteiger partial charge on any atom is -0.398 e. The molecule has 7 nitrogen and oxygen atoms in total. The lowest BCUT2D eigenvalue weighted by molar-refractivity contribution is 0.149. The minimum atomic E-state index is -2.00. The third-order valence-electron chi connectivity index (χ3n) is 7.58. The molecule has 0 aliphatic carbocycles. The summed E-state index contributed by atoms with van der Waals surface area (Å²) in [5, 5.41) is 0. The van der Waals surface area contributed by atoms with E-state index in [1.807, 2.05) is 6.20 Å². The van der Waals surface area contributed by atoms with E-state index in [1.54, 1.807) is 7.11 Å². The molecule has 0 bridgehead atoms. The highest BCUT2D eigenvalue weighted by Crippen LogP contribution is 2.26. The summed E-state index contributed by atoms with van der Waals surface area (Å²) in [6.45, 7) is 28.7. The second-order valence-electron chi connectivity index (χ2n) is 13.2. The van der Waals surface area contributed by atoms with Crippen molar-refractivity contribution in [3.05, 3.63) is 18.2 Å². The zero-order chi connectivity index (χ0) is 29.7. The summed E-state index contributed by atoms with van der Waals surface area (Å²) in [6, 6.07) is 2.88. The fraction of sp³-hybridized carbons (Fsp3) is 0.893. The summed E-state index contributed by atoms with van der Waals surface area (Å²) >= 11 is 0. The van der Waals surface area contributed by atoms with E-state index < -0.39 is 33.6 Å². The van der Waals surface area contributed by atoms with Crippen molar-refractivity contribution in [1.82, 2.24) is 13.8 Å². The van der Waals surface area contributed by atoms with Gasteiger partial charge in [0.25, 0.3) is 0 Å². The van der Waals surface area contributed by atoms with Gasteiger partial charge in [-0.05, 0) is 57.9 Å².